The fraction of sp³-hybridized carbons (Fsp3) is 0.333. The first-order valence-electron chi connectivity index (χ1n) is 3.87. The second kappa shape index (κ2) is 2.93. The maximum absolute atomic E-state index is 6.10. The van der Waals surface area contributed by atoms with Crippen LogP contribution in [0.4, 0.5) is 5.69 Å². The third-order valence-electron chi connectivity index (χ3n) is 2.21. The molecule has 0 radical (unpaired) electrons. The third kappa shape index (κ3) is 1.23. The lowest BCUT2D eigenvalue weighted by molar-refractivity contribution is 0.956. The molecule has 0 amide bonds. The molecule has 0 fully saturated rings. The van der Waals surface area contributed by atoms with Crippen LogP contribution in [0.2, 0.25) is 5.02 Å². The number of anilines is 1. The van der Waals surface area contributed by atoms with Gasteiger partial charge in [0.25, 0.3) is 0 Å². The van der Waals surface area contributed by atoms with Gasteiger partial charge >= 0.3 is 0 Å². The van der Waals surface area contributed by atoms with Crippen LogP contribution < -0.4 is 4.90 Å². The summed E-state index contributed by atoms with van der Waals surface area (Å²) < 4.78 is 1.07. The van der Waals surface area contributed by atoms with E-state index < -0.39 is 0 Å². The highest BCUT2D eigenvalue weighted by molar-refractivity contribution is 9.10. The SMILES string of the molecule is CN1CCc2cc(Br)cc(Cl)c21. The predicted molar refractivity (Wildman–Crippen MR) is 56.1 cm³/mol. The molecule has 0 unspecified atom stereocenters. The van der Waals surface area contributed by atoms with Crippen molar-refractivity contribution in [1.82, 2.24) is 0 Å². The summed E-state index contributed by atoms with van der Waals surface area (Å²) in [7, 11) is 2.08. The second-order valence-corrected chi connectivity index (χ2v) is 4.39. The molecule has 0 bridgehead atoms. The van der Waals surface area contributed by atoms with E-state index in [1.165, 1.54) is 11.3 Å². The van der Waals surface area contributed by atoms with E-state index in [0.717, 1.165) is 22.5 Å². The van der Waals surface area contributed by atoms with Crippen LogP contribution >= 0.6 is 27.5 Å². The number of nitrogens with zero attached hydrogens (tertiary/aromatic N) is 1. The summed E-state index contributed by atoms with van der Waals surface area (Å²) in [5, 5.41) is 0.847. The Labute approximate surface area is 85.5 Å². The molecule has 0 atom stereocenters. The van der Waals surface area contributed by atoms with Gasteiger partial charge in [0, 0.05) is 18.1 Å². The molecule has 0 aliphatic carbocycles. The Morgan fingerprint density at radius 3 is 3.00 bits per heavy atom. The van der Waals surface area contributed by atoms with Gasteiger partial charge in [0.05, 0.1) is 10.7 Å². The molecule has 1 aliphatic heterocycles. The van der Waals surface area contributed by atoms with Crippen LogP contribution in [0.3, 0.4) is 0 Å². The van der Waals surface area contributed by atoms with Crippen molar-refractivity contribution >= 4 is 33.2 Å². The van der Waals surface area contributed by atoms with Crippen LogP contribution in [0, 0.1) is 0 Å². The van der Waals surface area contributed by atoms with E-state index in [4.69, 9.17) is 11.6 Å². The monoisotopic (exact) mass is 245 g/mol. The first-order valence-corrected chi connectivity index (χ1v) is 5.04. The van der Waals surface area contributed by atoms with Gasteiger partial charge in [0.2, 0.25) is 0 Å². The van der Waals surface area contributed by atoms with E-state index in [0.29, 0.717) is 0 Å². The van der Waals surface area contributed by atoms with E-state index in [1.807, 2.05) is 6.07 Å². The van der Waals surface area contributed by atoms with Gasteiger partial charge in [-0.05, 0) is 24.1 Å². The third-order valence-corrected chi connectivity index (χ3v) is 2.95. The van der Waals surface area contributed by atoms with Crippen molar-refractivity contribution in [2.75, 3.05) is 18.5 Å². The molecule has 0 spiro atoms. The van der Waals surface area contributed by atoms with Crippen LogP contribution in [-0.2, 0) is 6.42 Å². The molecule has 1 aromatic carbocycles. The largest absolute Gasteiger partial charge is 0.373 e. The van der Waals surface area contributed by atoms with Gasteiger partial charge in [-0.1, -0.05) is 27.5 Å². The molecule has 1 aromatic rings. The molecule has 3 heteroatoms. The first kappa shape index (κ1) is 8.39. The fourth-order valence-corrected chi connectivity index (χ4v) is 2.66. The average molecular weight is 247 g/mol. The topological polar surface area (TPSA) is 3.24 Å². The molecule has 2 rings (SSSR count). The Balaban J connectivity index is 2.60. The molecule has 0 saturated heterocycles. The minimum Gasteiger partial charge on any atom is -0.373 e. The quantitative estimate of drug-likeness (QED) is 0.680. The van der Waals surface area contributed by atoms with Crippen LogP contribution in [0.5, 0.6) is 0 Å². The van der Waals surface area contributed by atoms with E-state index in [-0.39, 0.29) is 0 Å². The molecule has 1 nitrogen and oxygen atoms in total. The molecular formula is C9H9BrClN. The minimum absolute atomic E-state index is 0.847. The molecule has 12 heavy (non-hydrogen) atoms. The van der Waals surface area contributed by atoms with Crippen LogP contribution in [-0.4, -0.2) is 13.6 Å². The Morgan fingerprint density at radius 2 is 2.25 bits per heavy atom. The summed E-state index contributed by atoms with van der Waals surface area (Å²) >= 11 is 9.53. The number of fused-ring (bicyclic) bond motifs is 1. The van der Waals surface area contributed by atoms with Crippen molar-refractivity contribution in [3.63, 3.8) is 0 Å². The van der Waals surface area contributed by atoms with Gasteiger partial charge in [0.1, 0.15) is 0 Å². The number of likely N-dealkylation sites (N-methyl/N-ethyl adjacent to an activating group) is 1. The highest BCUT2D eigenvalue weighted by Crippen LogP contribution is 2.36. The van der Waals surface area contributed by atoms with Crippen LogP contribution in [0.1, 0.15) is 5.56 Å². The normalized spacial score (nSPS) is 15.1. The van der Waals surface area contributed by atoms with Crippen molar-refractivity contribution in [3.8, 4) is 0 Å². The molecular weight excluding hydrogens is 237 g/mol. The predicted octanol–water partition coefficient (Wildman–Crippen LogP) is 3.09. The molecule has 1 aliphatic rings. The maximum Gasteiger partial charge on any atom is 0.0653 e. The molecule has 0 N–H and O–H groups in total. The molecule has 64 valence electrons. The lowest BCUT2D eigenvalue weighted by Crippen LogP contribution is -2.12. The highest BCUT2D eigenvalue weighted by Gasteiger charge is 2.18. The molecule has 1 heterocycles. The van der Waals surface area contributed by atoms with E-state index >= 15 is 0 Å². The minimum atomic E-state index is 0.847. The number of rotatable bonds is 0. The van der Waals surface area contributed by atoms with Crippen molar-refractivity contribution in [1.29, 1.82) is 0 Å². The second-order valence-electron chi connectivity index (χ2n) is 3.07. The number of benzene rings is 1. The van der Waals surface area contributed by atoms with E-state index in [9.17, 15) is 0 Å². The standard InChI is InChI=1S/C9H9BrClN/c1-12-3-2-6-4-7(10)5-8(11)9(6)12/h4-5H,2-3H2,1H3. The Kier molecular flexibility index (Phi) is 2.05. The summed E-state index contributed by atoms with van der Waals surface area (Å²) in [5.74, 6) is 0. The zero-order valence-corrected chi connectivity index (χ0v) is 9.11. The van der Waals surface area contributed by atoms with Crippen molar-refractivity contribution in [3.05, 3.63) is 27.2 Å². The number of hydrogen-bond donors (Lipinski definition) is 0. The van der Waals surface area contributed by atoms with Gasteiger partial charge in [-0.25, -0.2) is 0 Å². The first-order chi connectivity index (χ1) is 5.68. The smallest absolute Gasteiger partial charge is 0.0653 e. The fourth-order valence-electron chi connectivity index (χ4n) is 1.64. The van der Waals surface area contributed by atoms with Gasteiger partial charge in [-0.3, -0.25) is 0 Å². The summed E-state index contributed by atoms with van der Waals surface area (Å²) in [6.45, 7) is 1.07. The maximum atomic E-state index is 6.10. The van der Waals surface area contributed by atoms with Crippen molar-refractivity contribution in [2.45, 2.75) is 6.42 Å². The number of hydrogen-bond acceptors (Lipinski definition) is 1. The van der Waals surface area contributed by atoms with Crippen molar-refractivity contribution in [2.24, 2.45) is 0 Å². The zero-order valence-electron chi connectivity index (χ0n) is 6.77. The van der Waals surface area contributed by atoms with Crippen molar-refractivity contribution < 1.29 is 0 Å². The summed E-state index contributed by atoms with van der Waals surface area (Å²) in [6, 6.07) is 4.09. The van der Waals surface area contributed by atoms with Crippen LogP contribution in [0.15, 0.2) is 16.6 Å². The summed E-state index contributed by atoms with van der Waals surface area (Å²) in [4.78, 5) is 2.20. The lowest BCUT2D eigenvalue weighted by atomic mass is 10.2. The Morgan fingerprint density at radius 1 is 1.50 bits per heavy atom. The van der Waals surface area contributed by atoms with E-state index in [2.05, 4.69) is 33.9 Å². The Bertz CT molecular complexity index is 325. The van der Waals surface area contributed by atoms with Crippen LogP contribution in [0.25, 0.3) is 0 Å². The van der Waals surface area contributed by atoms with Gasteiger partial charge in [-0.2, -0.15) is 0 Å². The zero-order chi connectivity index (χ0) is 8.72. The van der Waals surface area contributed by atoms with E-state index in [1.54, 1.807) is 0 Å². The lowest BCUT2D eigenvalue weighted by Gasteiger charge is -2.13. The average Bonchev–Trinajstić information content (AvgIpc) is 2.31. The Hall–Kier alpha value is -0.210. The summed E-state index contributed by atoms with van der Waals surface area (Å²) in [5.41, 5.74) is 2.54. The van der Waals surface area contributed by atoms with Gasteiger partial charge in [0.15, 0.2) is 0 Å². The highest BCUT2D eigenvalue weighted by atomic mass is 79.9. The van der Waals surface area contributed by atoms with Gasteiger partial charge in [-0.15, -0.1) is 0 Å². The summed E-state index contributed by atoms with van der Waals surface area (Å²) in [6.07, 6.45) is 1.10. The molecule has 0 saturated carbocycles. The van der Waals surface area contributed by atoms with Gasteiger partial charge < -0.3 is 4.90 Å². The molecule has 0 aromatic heterocycles. The number of halogens is 2.